The maximum atomic E-state index is 12.8. The zero-order valence-electron chi connectivity index (χ0n) is 14.0. The highest BCUT2D eigenvalue weighted by molar-refractivity contribution is 5.83. The fraction of sp³-hybridized carbons (Fsp3) is 0.353. The molecule has 0 saturated heterocycles. The van der Waals surface area contributed by atoms with Crippen molar-refractivity contribution in [2.45, 2.75) is 32.8 Å². The Morgan fingerprint density at radius 1 is 1.08 bits per heavy atom. The molecule has 2 N–H and O–H groups in total. The third kappa shape index (κ3) is 6.20. The van der Waals surface area contributed by atoms with Crippen LogP contribution in [0.3, 0.4) is 0 Å². The number of hydrogen-bond acceptors (Lipinski definition) is 5. The number of carbonyl (C=O) groups excluding carboxylic acids is 1. The second kappa shape index (κ2) is 7.72. The molecule has 0 spiro atoms. The topological polar surface area (TPSA) is 76.1 Å². The van der Waals surface area contributed by atoms with Gasteiger partial charge in [-0.05, 0) is 57.0 Å². The van der Waals surface area contributed by atoms with E-state index in [2.05, 4.69) is 20.8 Å². The molecule has 1 aromatic heterocycles. The van der Waals surface area contributed by atoms with Crippen molar-refractivity contribution in [3.05, 3.63) is 47.8 Å². The van der Waals surface area contributed by atoms with Gasteiger partial charge in [0.05, 0.1) is 0 Å². The fourth-order valence-corrected chi connectivity index (χ4v) is 1.89. The first-order valence-electron chi connectivity index (χ1n) is 7.64. The lowest BCUT2D eigenvalue weighted by atomic mass is 10.1. The summed E-state index contributed by atoms with van der Waals surface area (Å²) < 4.78 is 18.0. The van der Waals surface area contributed by atoms with Gasteiger partial charge in [-0.1, -0.05) is 12.1 Å². The molecule has 0 aliphatic heterocycles. The maximum absolute atomic E-state index is 12.8. The maximum Gasteiger partial charge on any atom is 0.413 e. The molecule has 0 aliphatic rings. The third-order valence-electron chi connectivity index (χ3n) is 2.93. The molecule has 0 atom stereocenters. The van der Waals surface area contributed by atoms with E-state index >= 15 is 0 Å². The van der Waals surface area contributed by atoms with Gasteiger partial charge >= 0.3 is 6.09 Å². The highest BCUT2D eigenvalue weighted by atomic mass is 19.1. The van der Waals surface area contributed by atoms with Crippen molar-refractivity contribution >= 4 is 17.7 Å². The van der Waals surface area contributed by atoms with E-state index in [4.69, 9.17) is 4.74 Å². The first-order chi connectivity index (χ1) is 11.3. The third-order valence-corrected chi connectivity index (χ3v) is 2.93. The number of ether oxygens (including phenoxy) is 1. The van der Waals surface area contributed by atoms with Gasteiger partial charge in [-0.2, -0.15) is 0 Å². The number of rotatable bonds is 5. The lowest BCUT2D eigenvalue weighted by Gasteiger charge is -2.19. The Labute approximate surface area is 140 Å². The fourth-order valence-electron chi connectivity index (χ4n) is 1.89. The van der Waals surface area contributed by atoms with Gasteiger partial charge in [-0.15, -0.1) is 10.2 Å². The number of hydrogen-bond donors (Lipinski definition) is 2. The van der Waals surface area contributed by atoms with Crippen molar-refractivity contribution in [3.8, 4) is 0 Å². The minimum absolute atomic E-state index is 0.245. The Balaban J connectivity index is 1.79. The van der Waals surface area contributed by atoms with Crippen molar-refractivity contribution < 1.29 is 13.9 Å². The minimum atomic E-state index is -0.575. The van der Waals surface area contributed by atoms with E-state index in [0.29, 0.717) is 18.2 Å². The van der Waals surface area contributed by atoms with Crippen LogP contribution in [-0.4, -0.2) is 28.4 Å². The van der Waals surface area contributed by atoms with Crippen molar-refractivity contribution in [2.24, 2.45) is 0 Å². The average molecular weight is 332 g/mol. The molecule has 0 saturated carbocycles. The Kier molecular flexibility index (Phi) is 5.68. The summed E-state index contributed by atoms with van der Waals surface area (Å²) in [4.78, 5) is 11.6. The van der Waals surface area contributed by atoms with Crippen LogP contribution in [0.15, 0.2) is 36.4 Å². The number of amides is 1. The van der Waals surface area contributed by atoms with Crippen LogP contribution in [0.4, 0.5) is 20.8 Å². The van der Waals surface area contributed by atoms with Crippen LogP contribution < -0.4 is 10.6 Å². The molecule has 128 valence electrons. The number of aromatic nitrogens is 2. The Bertz CT molecular complexity index is 666. The Hall–Kier alpha value is -2.70. The molecule has 24 heavy (non-hydrogen) atoms. The minimum Gasteiger partial charge on any atom is -0.444 e. The summed E-state index contributed by atoms with van der Waals surface area (Å²) in [6.07, 6.45) is 0.161. The number of nitrogens with one attached hydrogen (secondary N) is 2. The number of halogens is 1. The molecular weight excluding hydrogens is 311 g/mol. The van der Waals surface area contributed by atoms with E-state index in [9.17, 15) is 9.18 Å². The van der Waals surface area contributed by atoms with Gasteiger partial charge < -0.3 is 10.1 Å². The molecule has 0 aliphatic carbocycles. The molecule has 0 bridgehead atoms. The van der Waals surface area contributed by atoms with E-state index in [1.807, 2.05) is 0 Å². The second-order valence-corrected chi connectivity index (χ2v) is 6.23. The van der Waals surface area contributed by atoms with E-state index in [1.54, 1.807) is 45.0 Å². The highest BCUT2D eigenvalue weighted by Gasteiger charge is 2.16. The molecule has 2 aromatic rings. The van der Waals surface area contributed by atoms with E-state index in [1.165, 1.54) is 12.1 Å². The van der Waals surface area contributed by atoms with Crippen LogP contribution in [0.2, 0.25) is 0 Å². The van der Waals surface area contributed by atoms with Gasteiger partial charge in [0, 0.05) is 6.54 Å². The van der Waals surface area contributed by atoms with Crippen LogP contribution in [0.5, 0.6) is 0 Å². The lowest BCUT2D eigenvalue weighted by Crippen LogP contribution is -2.27. The number of anilines is 2. The molecule has 0 radical (unpaired) electrons. The molecule has 7 heteroatoms. The van der Waals surface area contributed by atoms with E-state index in [0.717, 1.165) is 12.0 Å². The predicted octanol–water partition coefficient (Wildman–Crippen LogP) is 3.62. The number of benzene rings is 1. The molecule has 1 amide bonds. The smallest absolute Gasteiger partial charge is 0.413 e. The van der Waals surface area contributed by atoms with Crippen LogP contribution in [-0.2, 0) is 11.2 Å². The molecular formula is C17H21FN4O2. The molecule has 1 heterocycles. The number of nitrogens with zero attached hydrogens (tertiary/aromatic N) is 2. The summed E-state index contributed by atoms with van der Waals surface area (Å²) in [5, 5.41) is 13.5. The first-order valence-corrected chi connectivity index (χ1v) is 7.64. The average Bonchev–Trinajstić information content (AvgIpc) is 2.49. The normalized spacial score (nSPS) is 11.0. The summed E-state index contributed by atoms with van der Waals surface area (Å²) in [7, 11) is 0. The largest absolute Gasteiger partial charge is 0.444 e. The van der Waals surface area contributed by atoms with Gasteiger partial charge in [-0.25, -0.2) is 9.18 Å². The van der Waals surface area contributed by atoms with Gasteiger partial charge in [0.1, 0.15) is 17.2 Å². The zero-order valence-corrected chi connectivity index (χ0v) is 14.0. The molecule has 0 unspecified atom stereocenters. The van der Waals surface area contributed by atoms with Gasteiger partial charge in [0.2, 0.25) is 0 Å². The van der Waals surface area contributed by atoms with Crippen LogP contribution >= 0.6 is 0 Å². The SMILES string of the molecule is CC(C)(C)OC(=O)Nc1ccc(NCCc2ccc(F)cc2)nn1. The number of carbonyl (C=O) groups is 1. The predicted molar refractivity (Wildman–Crippen MR) is 90.5 cm³/mol. The highest BCUT2D eigenvalue weighted by Crippen LogP contribution is 2.11. The van der Waals surface area contributed by atoms with E-state index < -0.39 is 11.7 Å². The standard InChI is InChI=1S/C17H21FN4O2/c1-17(2,3)24-16(23)20-15-9-8-14(21-22-15)19-11-10-12-4-6-13(18)7-5-12/h4-9H,10-11H2,1-3H3,(H,19,21)(H,20,22,23). The quantitative estimate of drug-likeness (QED) is 0.874. The molecule has 2 rings (SSSR count). The lowest BCUT2D eigenvalue weighted by molar-refractivity contribution is 0.0635. The molecule has 6 nitrogen and oxygen atoms in total. The molecule has 0 fully saturated rings. The van der Waals surface area contributed by atoms with Crippen molar-refractivity contribution in [2.75, 3.05) is 17.2 Å². The van der Waals surface area contributed by atoms with Crippen LogP contribution in [0.25, 0.3) is 0 Å². The summed E-state index contributed by atoms with van der Waals surface area (Å²) in [6, 6.07) is 9.72. The zero-order chi connectivity index (χ0) is 17.6. The van der Waals surface area contributed by atoms with E-state index in [-0.39, 0.29) is 5.82 Å². The summed E-state index contributed by atoms with van der Waals surface area (Å²) in [6.45, 7) is 5.99. The monoisotopic (exact) mass is 332 g/mol. The summed E-state index contributed by atoms with van der Waals surface area (Å²) >= 11 is 0. The summed E-state index contributed by atoms with van der Waals surface area (Å²) in [5.41, 5.74) is 0.458. The van der Waals surface area contributed by atoms with Gasteiger partial charge in [0.15, 0.2) is 5.82 Å². The Morgan fingerprint density at radius 2 is 1.71 bits per heavy atom. The van der Waals surface area contributed by atoms with Gasteiger partial charge in [0.25, 0.3) is 0 Å². The molecule has 1 aromatic carbocycles. The Morgan fingerprint density at radius 3 is 2.29 bits per heavy atom. The summed E-state index contributed by atoms with van der Waals surface area (Å²) in [5.74, 6) is 0.658. The van der Waals surface area contributed by atoms with Crippen LogP contribution in [0.1, 0.15) is 26.3 Å². The van der Waals surface area contributed by atoms with Crippen molar-refractivity contribution in [1.82, 2.24) is 10.2 Å². The van der Waals surface area contributed by atoms with Crippen molar-refractivity contribution in [1.29, 1.82) is 0 Å². The first kappa shape index (κ1) is 17.7. The van der Waals surface area contributed by atoms with Gasteiger partial charge in [-0.3, -0.25) is 5.32 Å². The van der Waals surface area contributed by atoms with Crippen LogP contribution in [0, 0.1) is 5.82 Å². The van der Waals surface area contributed by atoms with Crippen molar-refractivity contribution in [3.63, 3.8) is 0 Å². The second-order valence-electron chi connectivity index (χ2n) is 6.23.